The van der Waals surface area contributed by atoms with E-state index < -0.39 is 5.97 Å². The lowest BCUT2D eigenvalue weighted by atomic mass is 10.3. The van der Waals surface area contributed by atoms with Crippen LogP contribution in [0, 0.1) is 0 Å². The van der Waals surface area contributed by atoms with Crippen LogP contribution in [0.1, 0.15) is 23.0 Å². The van der Waals surface area contributed by atoms with Crippen molar-refractivity contribution in [1.82, 2.24) is 14.8 Å². The molecule has 2 heterocycles. The Labute approximate surface area is 92.4 Å². The van der Waals surface area contributed by atoms with Gasteiger partial charge in [-0.1, -0.05) is 6.92 Å². The van der Waals surface area contributed by atoms with Crippen molar-refractivity contribution in [2.45, 2.75) is 13.3 Å². The lowest BCUT2D eigenvalue weighted by Gasteiger charge is -2.04. The molecule has 0 aliphatic rings. The predicted molar refractivity (Wildman–Crippen MR) is 57.7 cm³/mol. The summed E-state index contributed by atoms with van der Waals surface area (Å²) in [5, 5.41) is 12.9. The highest BCUT2D eigenvalue weighted by molar-refractivity contribution is 5.87. The molecule has 5 nitrogen and oxygen atoms in total. The zero-order valence-electron chi connectivity index (χ0n) is 8.79. The Morgan fingerprint density at radius 1 is 1.44 bits per heavy atom. The van der Waals surface area contributed by atoms with Crippen LogP contribution in [0.15, 0.2) is 30.6 Å². The highest BCUT2D eigenvalue weighted by Gasteiger charge is 2.06. The molecule has 16 heavy (non-hydrogen) atoms. The van der Waals surface area contributed by atoms with Crippen LogP contribution in [-0.2, 0) is 6.42 Å². The van der Waals surface area contributed by atoms with E-state index in [0.717, 1.165) is 12.1 Å². The average molecular weight is 217 g/mol. The average Bonchev–Trinajstić information content (AvgIpc) is 2.77. The van der Waals surface area contributed by atoms with Gasteiger partial charge in [0.05, 0.1) is 5.56 Å². The molecule has 0 aromatic carbocycles. The topological polar surface area (TPSA) is 68.0 Å². The lowest BCUT2D eigenvalue weighted by molar-refractivity contribution is 0.0696. The second kappa shape index (κ2) is 4.14. The molecular weight excluding hydrogens is 206 g/mol. The number of aromatic carboxylic acids is 1. The Balaban J connectivity index is 2.38. The van der Waals surface area contributed by atoms with Crippen molar-refractivity contribution in [3.63, 3.8) is 0 Å². The summed E-state index contributed by atoms with van der Waals surface area (Å²) in [4.78, 5) is 14.7. The molecule has 0 unspecified atom stereocenters. The van der Waals surface area contributed by atoms with Crippen molar-refractivity contribution in [1.29, 1.82) is 0 Å². The van der Waals surface area contributed by atoms with Crippen molar-refractivity contribution in [3.8, 4) is 5.82 Å². The van der Waals surface area contributed by atoms with Gasteiger partial charge in [-0.25, -0.2) is 14.5 Å². The Morgan fingerprint density at radius 2 is 2.25 bits per heavy atom. The van der Waals surface area contributed by atoms with Crippen LogP contribution < -0.4 is 0 Å². The minimum atomic E-state index is -0.977. The third-order valence-electron chi connectivity index (χ3n) is 2.30. The van der Waals surface area contributed by atoms with E-state index in [4.69, 9.17) is 5.11 Å². The molecule has 0 amide bonds. The Bertz CT molecular complexity index is 502. The lowest BCUT2D eigenvalue weighted by Crippen LogP contribution is -2.05. The van der Waals surface area contributed by atoms with Gasteiger partial charge in [-0.2, -0.15) is 5.10 Å². The second-order valence-electron chi connectivity index (χ2n) is 3.30. The molecule has 1 N–H and O–H groups in total. The number of hydrogen-bond acceptors (Lipinski definition) is 3. The highest BCUT2D eigenvalue weighted by Crippen LogP contribution is 2.09. The fourth-order valence-corrected chi connectivity index (χ4v) is 1.44. The molecule has 5 heteroatoms. The van der Waals surface area contributed by atoms with E-state index in [1.165, 1.54) is 12.3 Å². The molecular formula is C11H11N3O2. The Morgan fingerprint density at radius 3 is 2.81 bits per heavy atom. The molecule has 2 aromatic heterocycles. The van der Waals surface area contributed by atoms with Crippen LogP contribution in [0.3, 0.4) is 0 Å². The quantitative estimate of drug-likeness (QED) is 0.846. The van der Waals surface area contributed by atoms with Crippen molar-refractivity contribution in [2.24, 2.45) is 0 Å². The third kappa shape index (κ3) is 1.79. The van der Waals surface area contributed by atoms with Crippen molar-refractivity contribution >= 4 is 5.97 Å². The molecule has 0 aliphatic carbocycles. The molecule has 0 saturated heterocycles. The van der Waals surface area contributed by atoms with E-state index in [-0.39, 0.29) is 5.56 Å². The minimum absolute atomic E-state index is 0.175. The highest BCUT2D eigenvalue weighted by atomic mass is 16.4. The van der Waals surface area contributed by atoms with Gasteiger partial charge in [0.1, 0.15) is 0 Å². The molecule has 0 fully saturated rings. The number of carboxylic acids is 1. The summed E-state index contributed by atoms with van der Waals surface area (Å²) in [6.07, 6.45) is 3.88. The summed E-state index contributed by atoms with van der Waals surface area (Å²) in [6, 6.07) is 5.08. The van der Waals surface area contributed by atoms with Gasteiger partial charge in [0, 0.05) is 18.1 Å². The summed E-state index contributed by atoms with van der Waals surface area (Å²) in [5.74, 6) is -0.345. The van der Waals surface area contributed by atoms with E-state index >= 15 is 0 Å². The van der Waals surface area contributed by atoms with E-state index in [1.807, 2.05) is 13.0 Å². The summed E-state index contributed by atoms with van der Waals surface area (Å²) < 4.78 is 1.70. The smallest absolute Gasteiger partial charge is 0.337 e. The largest absolute Gasteiger partial charge is 0.478 e. The van der Waals surface area contributed by atoms with Crippen molar-refractivity contribution in [2.75, 3.05) is 0 Å². The zero-order valence-corrected chi connectivity index (χ0v) is 8.79. The molecule has 0 saturated carbocycles. The van der Waals surface area contributed by atoms with Gasteiger partial charge in [-0.15, -0.1) is 0 Å². The molecule has 0 atom stereocenters. The van der Waals surface area contributed by atoms with Crippen LogP contribution in [0.5, 0.6) is 0 Å². The fraction of sp³-hybridized carbons (Fsp3) is 0.182. The maximum absolute atomic E-state index is 10.7. The zero-order chi connectivity index (χ0) is 11.5. The van der Waals surface area contributed by atoms with E-state index in [1.54, 1.807) is 16.9 Å². The number of aryl methyl sites for hydroxylation is 1. The third-order valence-corrected chi connectivity index (χ3v) is 2.30. The maximum atomic E-state index is 10.7. The van der Waals surface area contributed by atoms with Gasteiger partial charge < -0.3 is 5.11 Å². The molecule has 82 valence electrons. The molecule has 0 spiro atoms. The van der Waals surface area contributed by atoms with Crippen molar-refractivity contribution in [3.05, 3.63) is 41.9 Å². The van der Waals surface area contributed by atoms with Crippen LogP contribution >= 0.6 is 0 Å². The van der Waals surface area contributed by atoms with Gasteiger partial charge in [0.15, 0.2) is 5.82 Å². The number of nitrogens with zero attached hydrogens (tertiary/aromatic N) is 3. The monoisotopic (exact) mass is 217 g/mol. The molecule has 2 rings (SSSR count). The minimum Gasteiger partial charge on any atom is -0.478 e. The predicted octanol–water partition coefficient (Wildman–Crippen LogP) is 1.53. The first kappa shape index (κ1) is 10.4. The molecule has 0 bridgehead atoms. The first-order valence-corrected chi connectivity index (χ1v) is 4.95. The van der Waals surface area contributed by atoms with Gasteiger partial charge in [-0.05, 0) is 24.6 Å². The molecule has 0 aliphatic heterocycles. The number of hydrogen-bond donors (Lipinski definition) is 1. The second-order valence-corrected chi connectivity index (χ2v) is 3.30. The number of carbonyl (C=O) groups is 1. The first-order chi connectivity index (χ1) is 7.72. The number of pyridine rings is 1. The summed E-state index contributed by atoms with van der Waals surface area (Å²) in [6.45, 7) is 2.03. The number of aromatic nitrogens is 3. The summed E-state index contributed by atoms with van der Waals surface area (Å²) >= 11 is 0. The summed E-state index contributed by atoms with van der Waals surface area (Å²) in [7, 11) is 0. The summed E-state index contributed by atoms with van der Waals surface area (Å²) in [5.41, 5.74) is 1.21. The standard InChI is InChI=1S/C11H11N3O2/c1-2-9-5-6-13-14(9)10-4-3-8(7-12-10)11(15)16/h3-7H,2H2,1H3,(H,15,16). The molecule has 2 aromatic rings. The van der Waals surface area contributed by atoms with Crippen LogP contribution in [0.25, 0.3) is 5.82 Å². The molecule has 0 radical (unpaired) electrons. The van der Waals surface area contributed by atoms with Gasteiger partial charge in [-0.3, -0.25) is 0 Å². The van der Waals surface area contributed by atoms with Crippen molar-refractivity contribution < 1.29 is 9.90 Å². The van der Waals surface area contributed by atoms with Crippen LogP contribution in [0.2, 0.25) is 0 Å². The van der Waals surface area contributed by atoms with Crippen LogP contribution in [0.4, 0.5) is 0 Å². The maximum Gasteiger partial charge on any atom is 0.337 e. The Kier molecular flexibility index (Phi) is 2.68. The van der Waals surface area contributed by atoms with Gasteiger partial charge in [0.2, 0.25) is 0 Å². The van der Waals surface area contributed by atoms with E-state index in [2.05, 4.69) is 10.1 Å². The number of carboxylic acid groups (broad SMARTS) is 1. The van der Waals surface area contributed by atoms with Gasteiger partial charge in [0.25, 0.3) is 0 Å². The van der Waals surface area contributed by atoms with E-state index in [9.17, 15) is 4.79 Å². The number of rotatable bonds is 3. The van der Waals surface area contributed by atoms with Gasteiger partial charge >= 0.3 is 5.97 Å². The first-order valence-electron chi connectivity index (χ1n) is 4.95. The SMILES string of the molecule is CCc1ccnn1-c1ccc(C(=O)O)cn1. The van der Waals surface area contributed by atoms with Crippen LogP contribution in [-0.4, -0.2) is 25.8 Å². The normalized spacial score (nSPS) is 10.3. The Hall–Kier alpha value is -2.17. The van der Waals surface area contributed by atoms with E-state index in [0.29, 0.717) is 5.82 Å². The fourth-order valence-electron chi connectivity index (χ4n) is 1.44.